The summed E-state index contributed by atoms with van der Waals surface area (Å²) in [4.78, 5) is 20.7. The number of benzene rings is 1. The molecule has 0 aromatic heterocycles. The monoisotopic (exact) mass is 451 g/mol. The molecule has 26 heavy (non-hydrogen) atoms. The first-order valence-corrected chi connectivity index (χ1v) is 9.41. The van der Waals surface area contributed by atoms with Crippen molar-refractivity contribution in [3.05, 3.63) is 27.7 Å². The van der Waals surface area contributed by atoms with Crippen LogP contribution in [0, 0.1) is 0 Å². The van der Waals surface area contributed by atoms with Gasteiger partial charge in [0.05, 0.1) is 17.7 Å². The molecule has 1 aliphatic heterocycles. The Kier molecular flexibility index (Phi) is 11.3. The van der Waals surface area contributed by atoms with Crippen molar-refractivity contribution in [2.75, 3.05) is 39.5 Å². The van der Waals surface area contributed by atoms with Crippen LogP contribution in [-0.4, -0.2) is 66.5 Å². The summed E-state index contributed by atoms with van der Waals surface area (Å²) >= 11 is 9.30. The van der Waals surface area contributed by atoms with E-state index in [0.29, 0.717) is 18.2 Å². The highest BCUT2D eigenvalue weighted by atomic mass is 79.9. The maximum atomic E-state index is 9.10. The summed E-state index contributed by atoms with van der Waals surface area (Å²) in [6, 6.07) is 5.51. The van der Waals surface area contributed by atoms with Gasteiger partial charge in [0.2, 0.25) is 0 Å². The van der Waals surface area contributed by atoms with Crippen molar-refractivity contribution in [2.45, 2.75) is 19.3 Å². The number of piperidine rings is 1. The minimum absolute atomic E-state index is 0.556. The number of ether oxygens (including phenoxy) is 2. The smallest absolute Gasteiger partial charge is 0.414 e. The minimum Gasteiger partial charge on any atom is -0.490 e. The summed E-state index contributed by atoms with van der Waals surface area (Å²) in [5, 5.41) is 15.5. The van der Waals surface area contributed by atoms with Crippen LogP contribution in [-0.2, 0) is 14.3 Å². The predicted molar refractivity (Wildman–Crippen MR) is 101 cm³/mol. The Hall–Kier alpha value is -1.35. The second-order valence-corrected chi connectivity index (χ2v) is 6.84. The SMILES string of the molecule is Clc1ccc(OCCOCCN2CCCCC2)c(Br)c1.O=C(O)C(=O)O. The molecule has 0 amide bonds. The lowest BCUT2D eigenvalue weighted by Gasteiger charge is -2.26. The van der Waals surface area contributed by atoms with Gasteiger partial charge in [0, 0.05) is 11.6 Å². The van der Waals surface area contributed by atoms with Crippen molar-refractivity contribution < 1.29 is 29.3 Å². The van der Waals surface area contributed by atoms with Crippen LogP contribution < -0.4 is 4.74 Å². The number of halogens is 2. The molecule has 1 aromatic carbocycles. The fourth-order valence-corrected chi connectivity index (χ4v) is 3.08. The van der Waals surface area contributed by atoms with Gasteiger partial charge in [-0.25, -0.2) is 9.59 Å². The molecule has 0 spiro atoms. The van der Waals surface area contributed by atoms with Crippen molar-refractivity contribution in [3.63, 3.8) is 0 Å². The van der Waals surface area contributed by atoms with Gasteiger partial charge in [-0.05, 0) is 60.1 Å². The Morgan fingerprint density at radius 1 is 1.08 bits per heavy atom. The number of hydrogen-bond donors (Lipinski definition) is 2. The van der Waals surface area contributed by atoms with E-state index in [2.05, 4.69) is 20.8 Å². The van der Waals surface area contributed by atoms with Gasteiger partial charge in [0.15, 0.2) is 0 Å². The predicted octanol–water partition coefficient (Wildman–Crippen LogP) is 3.14. The van der Waals surface area contributed by atoms with Crippen LogP contribution >= 0.6 is 27.5 Å². The molecule has 0 bridgehead atoms. The molecule has 1 saturated heterocycles. The van der Waals surface area contributed by atoms with Crippen molar-refractivity contribution in [1.29, 1.82) is 0 Å². The van der Waals surface area contributed by atoms with E-state index in [4.69, 9.17) is 40.9 Å². The Balaban J connectivity index is 0.000000487. The van der Waals surface area contributed by atoms with Gasteiger partial charge in [0.25, 0.3) is 0 Å². The molecule has 7 nitrogen and oxygen atoms in total. The first-order chi connectivity index (χ1) is 12.4. The standard InChI is InChI=1S/C15H21BrClNO2.C2H2O4/c16-14-12-13(17)4-5-15(14)20-11-10-19-9-8-18-6-2-1-3-7-18;3-1(4)2(5)6/h4-5,12H,1-3,6-11H2;(H,3,4)(H,5,6). The van der Waals surface area contributed by atoms with E-state index < -0.39 is 11.9 Å². The molecule has 0 saturated carbocycles. The second-order valence-electron chi connectivity index (χ2n) is 5.55. The molecule has 1 aromatic rings. The van der Waals surface area contributed by atoms with Crippen LogP contribution in [0.25, 0.3) is 0 Å². The van der Waals surface area contributed by atoms with E-state index in [1.54, 1.807) is 0 Å². The number of nitrogens with zero attached hydrogens (tertiary/aromatic N) is 1. The van der Waals surface area contributed by atoms with Crippen LogP contribution in [0.2, 0.25) is 5.02 Å². The third-order valence-electron chi connectivity index (χ3n) is 3.56. The van der Waals surface area contributed by atoms with E-state index in [1.165, 1.54) is 32.4 Å². The van der Waals surface area contributed by atoms with Crippen LogP contribution in [0.4, 0.5) is 0 Å². The lowest BCUT2D eigenvalue weighted by atomic mass is 10.1. The Morgan fingerprint density at radius 3 is 2.31 bits per heavy atom. The zero-order chi connectivity index (χ0) is 19.4. The molecule has 146 valence electrons. The van der Waals surface area contributed by atoms with Crippen molar-refractivity contribution in [1.82, 2.24) is 4.90 Å². The van der Waals surface area contributed by atoms with E-state index in [0.717, 1.165) is 23.4 Å². The lowest BCUT2D eigenvalue weighted by molar-refractivity contribution is -0.159. The number of rotatable bonds is 7. The van der Waals surface area contributed by atoms with Crippen LogP contribution in [0.1, 0.15) is 19.3 Å². The van der Waals surface area contributed by atoms with Crippen LogP contribution in [0.5, 0.6) is 5.75 Å². The van der Waals surface area contributed by atoms with Gasteiger partial charge >= 0.3 is 11.9 Å². The summed E-state index contributed by atoms with van der Waals surface area (Å²) < 4.78 is 12.1. The molecule has 0 aliphatic carbocycles. The first kappa shape index (κ1) is 22.7. The normalized spacial score (nSPS) is 14.2. The third-order valence-corrected chi connectivity index (χ3v) is 4.42. The van der Waals surface area contributed by atoms with Gasteiger partial charge < -0.3 is 24.6 Å². The van der Waals surface area contributed by atoms with Crippen LogP contribution in [0.3, 0.4) is 0 Å². The van der Waals surface area contributed by atoms with E-state index in [9.17, 15) is 0 Å². The summed E-state index contributed by atoms with van der Waals surface area (Å²) in [7, 11) is 0. The summed E-state index contributed by atoms with van der Waals surface area (Å²) in [6.07, 6.45) is 4.03. The van der Waals surface area contributed by atoms with Crippen LogP contribution in [0.15, 0.2) is 22.7 Å². The second kappa shape index (κ2) is 12.9. The maximum absolute atomic E-state index is 9.10. The largest absolute Gasteiger partial charge is 0.490 e. The minimum atomic E-state index is -1.82. The maximum Gasteiger partial charge on any atom is 0.414 e. The van der Waals surface area contributed by atoms with Gasteiger partial charge in [-0.15, -0.1) is 0 Å². The molecule has 2 N–H and O–H groups in total. The first-order valence-electron chi connectivity index (χ1n) is 8.24. The average Bonchev–Trinajstić information content (AvgIpc) is 2.61. The lowest BCUT2D eigenvalue weighted by Crippen LogP contribution is -2.32. The highest BCUT2D eigenvalue weighted by molar-refractivity contribution is 9.10. The molecule has 0 unspecified atom stereocenters. The molecule has 1 fully saturated rings. The quantitative estimate of drug-likeness (QED) is 0.484. The van der Waals surface area contributed by atoms with Gasteiger partial charge in [-0.2, -0.15) is 0 Å². The number of aliphatic carboxylic acids is 2. The van der Waals surface area contributed by atoms with E-state index in [-0.39, 0.29) is 0 Å². The topological polar surface area (TPSA) is 96.3 Å². The third kappa shape index (κ3) is 9.96. The zero-order valence-corrected chi connectivity index (χ0v) is 16.7. The number of hydrogen-bond acceptors (Lipinski definition) is 5. The van der Waals surface area contributed by atoms with Gasteiger partial charge in [-0.1, -0.05) is 18.0 Å². The van der Waals surface area contributed by atoms with E-state index >= 15 is 0 Å². The highest BCUT2D eigenvalue weighted by Gasteiger charge is 2.09. The summed E-state index contributed by atoms with van der Waals surface area (Å²) in [6.45, 7) is 5.42. The van der Waals surface area contributed by atoms with Crippen molar-refractivity contribution in [3.8, 4) is 5.75 Å². The molecule has 0 atom stereocenters. The Bertz CT molecular complexity index is 568. The van der Waals surface area contributed by atoms with Crippen molar-refractivity contribution >= 4 is 39.5 Å². The number of carboxylic acids is 2. The molecule has 9 heteroatoms. The zero-order valence-electron chi connectivity index (χ0n) is 14.3. The van der Waals surface area contributed by atoms with Crippen molar-refractivity contribution in [2.24, 2.45) is 0 Å². The Labute approximate surface area is 166 Å². The van der Waals surface area contributed by atoms with E-state index in [1.807, 2.05) is 18.2 Å². The molecular weight excluding hydrogens is 430 g/mol. The molecule has 1 aliphatic rings. The molecular formula is C17H23BrClNO6. The molecule has 1 heterocycles. The average molecular weight is 453 g/mol. The van der Waals surface area contributed by atoms with Gasteiger partial charge in [-0.3, -0.25) is 0 Å². The van der Waals surface area contributed by atoms with Gasteiger partial charge in [0.1, 0.15) is 12.4 Å². The molecule has 0 radical (unpaired) electrons. The Morgan fingerprint density at radius 2 is 1.73 bits per heavy atom. The molecule has 2 rings (SSSR count). The number of carboxylic acid groups (broad SMARTS) is 2. The fraction of sp³-hybridized carbons (Fsp3) is 0.529. The fourth-order valence-electron chi connectivity index (χ4n) is 2.28. The highest BCUT2D eigenvalue weighted by Crippen LogP contribution is 2.27. The summed E-state index contributed by atoms with van der Waals surface area (Å²) in [5.41, 5.74) is 0. The number of carbonyl (C=O) groups is 2. The number of likely N-dealkylation sites (tertiary alicyclic amines) is 1. The summed E-state index contributed by atoms with van der Waals surface area (Å²) in [5.74, 6) is -2.85.